The number of nitrogens with one attached hydrogen (secondary N) is 1. The molecule has 0 spiro atoms. The molecule has 0 fully saturated rings. The standard InChI is InChI=1S/C12H22ClN3OS/c1-3-10-12(13)11(16(2)15-10)9-14-5-8-18-7-4-6-17/h14,17H,3-9H2,1-2H3. The summed E-state index contributed by atoms with van der Waals surface area (Å²) in [6.07, 6.45) is 1.74. The van der Waals surface area contributed by atoms with Crippen LogP contribution in [0.2, 0.25) is 5.02 Å². The lowest BCUT2D eigenvalue weighted by atomic mass is 10.3. The summed E-state index contributed by atoms with van der Waals surface area (Å²) < 4.78 is 1.85. The van der Waals surface area contributed by atoms with Crippen molar-refractivity contribution in [2.24, 2.45) is 7.05 Å². The third-order valence-corrected chi connectivity index (χ3v) is 4.17. The minimum absolute atomic E-state index is 0.283. The molecule has 1 rings (SSSR count). The van der Waals surface area contributed by atoms with Crippen LogP contribution in [0.3, 0.4) is 0 Å². The number of rotatable bonds is 9. The second-order valence-electron chi connectivity index (χ2n) is 4.05. The van der Waals surface area contributed by atoms with E-state index in [2.05, 4.69) is 17.3 Å². The molecule has 0 radical (unpaired) electrons. The Balaban J connectivity index is 2.25. The summed E-state index contributed by atoms with van der Waals surface area (Å²) in [6, 6.07) is 0. The molecular formula is C12H22ClN3OS. The third kappa shape index (κ3) is 4.80. The van der Waals surface area contributed by atoms with E-state index in [9.17, 15) is 0 Å². The first kappa shape index (κ1) is 15.8. The van der Waals surface area contributed by atoms with Crippen molar-refractivity contribution in [3.63, 3.8) is 0 Å². The molecule has 0 atom stereocenters. The quantitative estimate of drug-likeness (QED) is 0.682. The fourth-order valence-corrected chi connectivity index (χ4v) is 2.82. The number of aliphatic hydroxyl groups is 1. The Bertz CT molecular complexity index is 357. The topological polar surface area (TPSA) is 50.1 Å². The first-order valence-electron chi connectivity index (χ1n) is 6.30. The van der Waals surface area contributed by atoms with Crippen LogP contribution >= 0.6 is 23.4 Å². The molecule has 0 bridgehead atoms. The number of aromatic nitrogens is 2. The lowest BCUT2D eigenvalue weighted by Crippen LogP contribution is -2.19. The maximum Gasteiger partial charge on any atom is 0.0863 e. The predicted molar refractivity (Wildman–Crippen MR) is 78.3 cm³/mol. The summed E-state index contributed by atoms with van der Waals surface area (Å²) in [5.41, 5.74) is 2.02. The van der Waals surface area contributed by atoms with E-state index in [-0.39, 0.29) is 6.61 Å². The van der Waals surface area contributed by atoms with Crippen molar-refractivity contribution >= 4 is 23.4 Å². The second-order valence-corrected chi connectivity index (χ2v) is 5.65. The number of aliphatic hydroxyl groups excluding tert-OH is 1. The van der Waals surface area contributed by atoms with Gasteiger partial charge in [0.2, 0.25) is 0 Å². The van der Waals surface area contributed by atoms with E-state index >= 15 is 0 Å². The number of thioether (sulfide) groups is 1. The zero-order chi connectivity index (χ0) is 13.4. The van der Waals surface area contributed by atoms with Gasteiger partial charge in [0.1, 0.15) is 0 Å². The molecule has 6 heteroatoms. The van der Waals surface area contributed by atoms with E-state index < -0.39 is 0 Å². The highest BCUT2D eigenvalue weighted by Crippen LogP contribution is 2.20. The molecule has 0 aromatic carbocycles. The van der Waals surface area contributed by atoms with Gasteiger partial charge in [-0.2, -0.15) is 16.9 Å². The smallest absolute Gasteiger partial charge is 0.0863 e. The summed E-state index contributed by atoms with van der Waals surface area (Å²) >= 11 is 8.11. The van der Waals surface area contributed by atoms with Gasteiger partial charge in [0.15, 0.2) is 0 Å². The van der Waals surface area contributed by atoms with Gasteiger partial charge in [0.25, 0.3) is 0 Å². The first-order chi connectivity index (χ1) is 8.70. The van der Waals surface area contributed by atoms with Crippen LogP contribution in [0.15, 0.2) is 0 Å². The van der Waals surface area contributed by atoms with Gasteiger partial charge >= 0.3 is 0 Å². The Kier molecular flexibility index (Phi) is 7.74. The first-order valence-corrected chi connectivity index (χ1v) is 7.83. The molecule has 0 aliphatic rings. The number of aryl methyl sites for hydroxylation is 2. The minimum Gasteiger partial charge on any atom is -0.396 e. The summed E-state index contributed by atoms with van der Waals surface area (Å²) in [6.45, 7) is 4.04. The van der Waals surface area contributed by atoms with Crippen LogP contribution in [0, 0.1) is 0 Å². The number of hydrogen-bond donors (Lipinski definition) is 2. The number of halogens is 1. The Morgan fingerprint density at radius 1 is 1.44 bits per heavy atom. The summed E-state index contributed by atoms with van der Waals surface area (Å²) in [5.74, 6) is 2.07. The van der Waals surface area contributed by atoms with Crippen LogP contribution in [0.25, 0.3) is 0 Å². The zero-order valence-corrected chi connectivity index (χ0v) is 12.7. The van der Waals surface area contributed by atoms with E-state index in [1.807, 2.05) is 23.5 Å². The molecule has 4 nitrogen and oxygen atoms in total. The molecule has 104 valence electrons. The molecule has 1 heterocycles. The molecule has 1 aromatic rings. The Labute approximate surface area is 118 Å². The molecule has 0 saturated carbocycles. The van der Waals surface area contributed by atoms with Gasteiger partial charge < -0.3 is 10.4 Å². The van der Waals surface area contributed by atoms with Crippen LogP contribution in [0.4, 0.5) is 0 Å². The van der Waals surface area contributed by atoms with Crippen molar-refractivity contribution in [2.75, 3.05) is 24.7 Å². The van der Waals surface area contributed by atoms with E-state index in [1.165, 1.54) is 0 Å². The minimum atomic E-state index is 0.283. The van der Waals surface area contributed by atoms with Gasteiger partial charge in [0, 0.05) is 32.5 Å². The third-order valence-electron chi connectivity index (χ3n) is 2.67. The average Bonchev–Trinajstić information content (AvgIpc) is 2.64. The SMILES string of the molecule is CCc1nn(C)c(CNCCSCCCO)c1Cl. The van der Waals surface area contributed by atoms with E-state index in [1.54, 1.807) is 0 Å². The summed E-state index contributed by atoms with van der Waals surface area (Å²) in [4.78, 5) is 0. The Morgan fingerprint density at radius 2 is 2.22 bits per heavy atom. The highest BCUT2D eigenvalue weighted by atomic mass is 35.5. The molecule has 2 N–H and O–H groups in total. The van der Waals surface area contributed by atoms with Crippen LogP contribution in [0.1, 0.15) is 24.7 Å². The maximum absolute atomic E-state index is 8.65. The molecule has 1 aromatic heterocycles. The van der Waals surface area contributed by atoms with Crippen molar-refractivity contribution in [1.29, 1.82) is 0 Å². The molecule has 0 amide bonds. The fourth-order valence-electron chi connectivity index (χ4n) is 1.63. The van der Waals surface area contributed by atoms with Gasteiger partial charge in [-0.3, -0.25) is 4.68 Å². The van der Waals surface area contributed by atoms with Crippen molar-refractivity contribution < 1.29 is 5.11 Å². The van der Waals surface area contributed by atoms with Gasteiger partial charge in [-0.05, 0) is 18.6 Å². The molecule has 0 unspecified atom stereocenters. The van der Waals surface area contributed by atoms with Gasteiger partial charge in [-0.25, -0.2) is 0 Å². The van der Waals surface area contributed by atoms with Crippen molar-refractivity contribution in [1.82, 2.24) is 15.1 Å². The second kappa shape index (κ2) is 8.80. The molecule has 18 heavy (non-hydrogen) atoms. The predicted octanol–water partition coefficient (Wildman–Crippen LogP) is 1.84. The Hall–Kier alpha value is -0.230. The highest BCUT2D eigenvalue weighted by molar-refractivity contribution is 7.99. The summed E-state index contributed by atoms with van der Waals surface area (Å²) in [7, 11) is 1.93. The van der Waals surface area contributed by atoms with Crippen LogP contribution in [0.5, 0.6) is 0 Å². The molecule has 0 aliphatic carbocycles. The van der Waals surface area contributed by atoms with Crippen LogP contribution in [-0.4, -0.2) is 39.5 Å². The normalized spacial score (nSPS) is 11.1. The zero-order valence-electron chi connectivity index (χ0n) is 11.1. The molecular weight excluding hydrogens is 270 g/mol. The lowest BCUT2D eigenvalue weighted by Gasteiger charge is -2.05. The van der Waals surface area contributed by atoms with Crippen LogP contribution < -0.4 is 5.32 Å². The monoisotopic (exact) mass is 291 g/mol. The fraction of sp³-hybridized carbons (Fsp3) is 0.750. The molecule has 0 saturated heterocycles. The van der Waals surface area contributed by atoms with E-state index in [0.29, 0.717) is 0 Å². The largest absolute Gasteiger partial charge is 0.396 e. The van der Waals surface area contributed by atoms with Crippen molar-refractivity contribution in [3.8, 4) is 0 Å². The van der Waals surface area contributed by atoms with Gasteiger partial charge in [-0.1, -0.05) is 18.5 Å². The lowest BCUT2D eigenvalue weighted by molar-refractivity contribution is 0.296. The van der Waals surface area contributed by atoms with Crippen LogP contribution in [-0.2, 0) is 20.0 Å². The average molecular weight is 292 g/mol. The Morgan fingerprint density at radius 3 is 2.83 bits per heavy atom. The van der Waals surface area contributed by atoms with Crippen molar-refractivity contribution in [3.05, 3.63) is 16.4 Å². The maximum atomic E-state index is 8.65. The van der Waals surface area contributed by atoms with E-state index in [0.717, 1.165) is 53.8 Å². The molecule has 0 aliphatic heterocycles. The number of nitrogens with zero attached hydrogens (tertiary/aromatic N) is 2. The van der Waals surface area contributed by atoms with Crippen molar-refractivity contribution in [2.45, 2.75) is 26.3 Å². The van der Waals surface area contributed by atoms with Gasteiger partial charge in [0.05, 0.1) is 16.4 Å². The summed E-state index contributed by atoms with van der Waals surface area (Å²) in [5, 5.41) is 17.2. The van der Waals surface area contributed by atoms with Gasteiger partial charge in [-0.15, -0.1) is 0 Å². The number of hydrogen-bond acceptors (Lipinski definition) is 4. The van der Waals surface area contributed by atoms with E-state index in [4.69, 9.17) is 16.7 Å². The highest BCUT2D eigenvalue weighted by Gasteiger charge is 2.11.